The van der Waals surface area contributed by atoms with Gasteiger partial charge >= 0.3 is 0 Å². The van der Waals surface area contributed by atoms with Gasteiger partial charge in [0.15, 0.2) is 5.65 Å². The lowest BCUT2D eigenvalue weighted by atomic mass is 9.87. The first kappa shape index (κ1) is 19.9. The molecule has 9 heteroatoms. The first-order valence-electron chi connectivity index (χ1n) is 10.6. The Morgan fingerprint density at radius 1 is 1.35 bits per heavy atom. The number of aromatic amines is 1. The monoisotopic (exact) mass is 435 g/mol. The molecule has 0 radical (unpaired) electrons. The first-order chi connectivity index (χ1) is 15.0. The van der Waals surface area contributed by atoms with E-state index in [0.717, 1.165) is 70.8 Å². The molecule has 0 bridgehead atoms. The normalized spacial score (nSPS) is 15.9. The van der Waals surface area contributed by atoms with Crippen molar-refractivity contribution in [3.63, 3.8) is 0 Å². The number of aromatic nitrogens is 5. The van der Waals surface area contributed by atoms with Gasteiger partial charge in [0.1, 0.15) is 16.5 Å². The molecule has 4 aromatic rings. The lowest BCUT2D eigenvalue weighted by Crippen LogP contribution is -2.35. The molecule has 1 atom stereocenters. The van der Waals surface area contributed by atoms with Gasteiger partial charge in [-0.15, -0.1) is 11.3 Å². The molecular weight excluding hydrogens is 410 g/mol. The van der Waals surface area contributed by atoms with Gasteiger partial charge in [-0.1, -0.05) is 6.92 Å². The standard InChI is InChI=1S/C22H25N7OS/c1-4-7-29(3)22(30)13-5-6-16-17(9-13)31-21-18(16)20(25-12(2)26-21)27-15-8-14-10-24-28-19(14)23-11-15/h8,10-11,13H,4-7,9H2,1-3H3,(H,23,24,28)(H,25,26,27)/t13-/m0/s1. The van der Waals surface area contributed by atoms with E-state index in [1.165, 1.54) is 10.4 Å². The van der Waals surface area contributed by atoms with Crippen LogP contribution in [0.5, 0.6) is 0 Å². The predicted octanol–water partition coefficient (Wildman–Crippen LogP) is 3.99. The van der Waals surface area contributed by atoms with E-state index in [4.69, 9.17) is 9.97 Å². The number of hydrogen-bond acceptors (Lipinski definition) is 7. The Morgan fingerprint density at radius 2 is 2.23 bits per heavy atom. The zero-order chi connectivity index (χ0) is 21.5. The summed E-state index contributed by atoms with van der Waals surface area (Å²) in [4.78, 5) is 30.8. The molecule has 4 heterocycles. The maximum Gasteiger partial charge on any atom is 0.225 e. The summed E-state index contributed by atoms with van der Waals surface area (Å²) in [6, 6.07) is 2.01. The van der Waals surface area contributed by atoms with Crippen molar-refractivity contribution in [1.29, 1.82) is 0 Å². The summed E-state index contributed by atoms with van der Waals surface area (Å²) in [5.41, 5.74) is 2.89. The minimum Gasteiger partial charge on any atom is -0.346 e. The number of amides is 1. The molecule has 0 unspecified atom stereocenters. The van der Waals surface area contributed by atoms with Crippen LogP contribution in [0, 0.1) is 12.8 Å². The second kappa shape index (κ2) is 7.88. The minimum atomic E-state index is 0.0512. The highest BCUT2D eigenvalue weighted by Crippen LogP contribution is 2.41. The SMILES string of the molecule is CCCN(C)C(=O)[C@H]1CCc2c(sc3nc(C)nc(Nc4cnc5[nH]ncc5c4)c23)C1. The fourth-order valence-electron chi connectivity index (χ4n) is 4.38. The number of hydrogen-bond donors (Lipinski definition) is 2. The molecule has 8 nitrogen and oxygen atoms in total. The van der Waals surface area contributed by atoms with Crippen LogP contribution in [-0.4, -0.2) is 49.5 Å². The Kier molecular flexibility index (Phi) is 5.05. The highest BCUT2D eigenvalue weighted by molar-refractivity contribution is 7.19. The Bertz CT molecular complexity index is 1280. The molecule has 0 aliphatic heterocycles. The number of fused-ring (bicyclic) bond motifs is 4. The van der Waals surface area contributed by atoms with E-state index in [-0.39, 0.29) is 11.8 Å². The number of thiophene rings is 1. The van der Waals surface area contributed by atoms with Crippen LogP contribution in [-0.2, 0) is 17.6 Å². The van der Waals surface area contributed by atoms with E-state index >= 15 is 0 Å². The average molecular weight is 436 g/mol. The smallest absolute Gasteiger partial charge is 0.225 e. The molecule has 4 aromatic heterocycles. The third-order valence-corrected chi connectivity index (χ3v) is 7.01. The maximum atomic E-state index is 12.8. The van der Waals surface area contributed by atoms with Crippen molar-refractivity contribution in [2.45, 2.75) is 39.5 Å². The zero-order valence-electron chi connectivity index (χ0n) is 17.9. The number of carbonyl (C=O) groups is 1. The third-order valence-electron chi connectivity index (χ3n) is 5.86. The molecule has 0 fully saturated rings. The topological polar surface area (TPSA) is 99.7 Å². The van der Waals surface area contributed by atoms with Gasteiger partial charge in [0.25, 0.3) is 0 Å². The molecule has 160 valence electrons. The number of nitrogens with zero attached hydrogens (tertiary/aromatic N) is 5. The molecule has 0 aromatic carbocycles. The second-order valence-electron chi connectivity index (χ2n) is 8.16. The molecule has 5 rings (SSSR count). The van der Waals surface area contributed by atoms with Crippen LogP contribution in [0.2, 0.25) is 0 Å². The average Bonchev–Trinajstić information content (AvgIpc) is 3.36. The van der Waals surface area contributed by atoms with Crippen molar-refractivity contribution in [2.24, 2.45) is 5.92 Å². The van der Waals surface area contributed by atoms with Crippen LogP contribution in [0.1, 0.15) is 36.0 Å². The summed E-state index contributed by atoms with van der Waals surface area (Å²) in [5.74, 6) is 1.83. The Balaban J connectivity index is 1.49. The highest BCUT2D eigenvalue weighted by Gasteiger charge is 2.30. The summed E-state index contributed by atoms with van der Waals surface area (Å²) in [6.45, 7) is 4.82. The molecule has 2 N–H and O–H groups in total. The maximum absolute atomic E-state index is 12.8. The molecule has 31 heavy (non-hydrogen) atoms. The van der Waals surface area contributed by atoms with Crippen molar-refractivity contribution >= 4 is 50.0 Å². The summed E-state index contributed by atoms with van der Waals surface area (Å²) < 4.78 is 0. The molecule has 0 saturated carbocycles. The highest BCUT2D eigenvalue weighted by atomic mass is 32.1. The predicted molar refractivity (Wildman–Crippen MR) is 123 cm³/mol. The van der Waals surface area contributed by atoms with Crippen LogP contribution in [0.4, 0.5) is 11.5 Å². The van der Waals surface area contributed by atoms with Gasteiger partial charge in [0, 0.05) is 29.8 Å². The minimum absolute atomic E-state index is 0.0512. The number of aryl methyl sites for hydroxylation is 2. The molecule has 1 amide bonds. The van der Waals surface area contributed by atoms with E-state index in [2.05, 4.69) is 27.4 Å². The number of H-pyrrole nitrogens is 1. The van der Waals surface area contributed by atoms with Crippen molar-refractivity contribution in [1.82, 2.24) is 30.0 Å². The number of pyridine rings is 1. The summed E-state index contributed by atoms with van der Waals surface area (Å²) in [6.07, 6.45) is 7.03. The molecule has 0 spiro atoms. The van der Waals surface area contributed by atoms with E-state index < -0.39 is 0 Å². The fraction of sp³-hybridized carbons (Fsp3) is 0.409. The van der Waals surface area contributed by atoms with Crippen molar-refractivity contribution < 1.29 is 4.79 Å². The quantitative estimate of drug-likeness (QED) is 0.492. The van der Waals surface area contributed by atoms with Gasteiger partial charge in [-0.05, 0) is 44.2 Å². The van der Waals surface area contributed by atoms with Gasteiger partial charge in [0.2, 0.25) is 5.91 Å². The van der Waals surface area contributed by atoms with E-state index in [9.17, 15) is 4.79 Å². The van der Waals surface area contributed by atoms with Crippen molar-refractivity contribution in [2.75, 3.05) is 18.9 Å². The fourth-order valence-corrected chi connectivity index (χ4v) is 5.73. The Labute approximate surface area is 184 Å². The van der Waals surface area contributed by atoms with E-state index in [1.54, 1.807) is 23.7 Å². The summed E-state index contributed by atoms with van der Waals surface area (Å²) >= 11 is 1.70. The van der Waals surface area contributed by atoms with Gasteiger partial charge in [-0.3, -0.25) is 9.89 Å². The Hall–Kier alpha value is -3.07. The third kappa shape index (κ3) is 3.63. The molecule has 0 saturated heterocycles. The van der Waals surface area contributed by atoms with Crippen LogP contribution < -0.4 is 5.32 Å². The number of carbonyl (C=O) groups excluding carboxylic acids is 1. The van der Waals surface area contributed by atoms with E-state index in [1.807, 2.05) is 24.9 Å². The van der Waals surface area contributed by atoms with Crippen LogP contribution in [0.25, 0.3) is 21.3 Å². The largest absolute Gasteiger partial charge is 0.346 e. The number of rotatable bonds is 5. The lowest BCUT2D eigenvalue weighted by Gasteiger charge is -2.26. The van der Waals surface area contributed by atoms with Gasteiger partial charge in [-0.25, -0.2) is 15.0 Å². The van der Waals surface area contributed by atoms with Crippen molar-refractivity contribution in [3.05, 3.63) is 34.7 Å². The molecular formula is C22H25N7OS. The number of anilines is 2. The Morgan fingerprint density at radius 3 is 3.06 bits per heavy atom. The van der Waals surface area contributed by atoms with Gasteiger partial charge in [-0.2, -0.15) is 5.10 Å². The van der Waals surface area contributed by atoms with Crippen LogP contribution in [0.3, 0.4) is 0 Å². The van der Waals surface area contributed by atoms with Crippen molar-refractivity contribution in [3.8, 4) is 0 Å². The lowest BCUT2D eigenvalue weighted by molar-refractivity contribution is -0.134. The summed E-state index contributed by atoms with van der Waals surface area (Å²) in [7, 11) is 1.91. The summed E-state index contributed by atoms with van der Waals surface area (Å²) in [5, 5.41) is 12.4. The van der Waals surface area contributed by atoms with Gasteiger partial charge in [0.05, 0.1) is 23.5 Å². The van der Waals surface area contributed by atoms with E-state index in [0.29, 0.717) is 0 Å². The molecule has 1 aliphatic rings. The van der Waals surface area contributed by atoms with Crippen LogP contribution in [0.15, 0.2) is 18.5 Å². The molecule has 1 aliphatic carbocycles. The second-order valence-corrected chi connectivity index (χ2v) is 9.24. The zero-order valence-corrected chi connectivity index (χ0v) is 18.7. The van der Waals surface area contributed by atoms with Gasteiger partial charge < -0.3 is 10.2 Å². The number of nitrogens with one attached hydrogen (secondary N) is 2. The first-order valence-corrected chi connectivity index (χ1v) is 11.4. The van der Waals surface area contributed by atoms with Crippen LogP contribution >= 0.6 is 11.3 Å².